The zero-order chi connectivity index (χ0) is 10.1. The Balaban J connectivity index is 3.11. The summed E-state index contributed by atoms with van der Waals surface area (Å²) >= 11 is 11.3. The first-order valence-electron chi connectivity index (χ1n) is 3.35. The van der Waals surface area contributed by atoms with E-state index in [1.807, 2.05) is 0 Å². The van der Waals surface area contributed by atoms with Crippen molar-refractivity contribution in [1.29, 1.82) is 0 Å². The largest absolute Gasteiger partial charge is 0.298 e. The maximum atomic E-state index is 10.5. The van der Waals surface area contributed by atoms with E-state index < -0.39 is 15.3 Å². The summed E-state index contributed by atoms with van der Waals surface area (Å²) in [5, 5.41) is 10.5. The van der Waals surface area contributed by atoms with Crippen LogP contribution in [-0.4, -0.2) is 21.6 Å². The van der Waals surface area contributed by atoms with E-state index in [0.29, 0.717) is 6.29 Å². The summed E-state index contributed by atoms with van der Waals surface area (Å²) < 4.78 is -1.64. The predicted octanol–water partition coefficient (Wildman–Crippen LogP) is 1.50. The summed E-state index contributed by atoms with van der Waals surface area (Å²) in [5.74, 6) is 0. The van der Waals surface area contributed by atoms with Crippen molar-refractivity contribution in [1.82, 2.24) is 0 Å². The van der Waals surface area contributed by atoms with E-state index in [-0.39, 0.29) is 5.57 Å². The summed E-state index contributed by atoms with van der Waals surface area (Å²) in [4.78, 5) is 20.3. The van der Waals surface area contributed by atoms with Crippen LogP contribution in [0.3, 0.4) is 0 Å². The number of nitro groups is 1. The van der Waals surface area contributed by atoms with Crippen LogP contribution in [0.2, 0.25) is 0 Å². The standard InChI is InChI=1S/C7H5Cl2NO3/c8-7(9)3-1-2-5(4-11)6(7)10(12)13/h1-4,6H. The molecule has 13 heavy (non-hydrogen) atoms. The Labute approximate surface area is 84.0 Å². The molecule has 4 nitrogen and oxygen atoms in total. The van der Waals surface area contributed by atoms with Gasteiger partial charge in [-0.15, -0.1) is 0 Å². The number of hydrogen-bond acceptors (Lipinski definition) is 3. The number of rotatable bonds is 2. The van der Waals surface area contributed by atoms with Crippen LogP contribution in [0.1, 0.15) is 0 Å². The van der Waals surface area contributed by atoms with Gasteiger partial charge in [0.05, 0.1) is 5.57 Å². The maximum Gasteiger partial charge on any atom is 0.277 e. The average molecular weight is 222 g/mol. The van der Waals surface area contributed by atoms with Gasteiger partial charge in [-0.05, 0) is 12.2 Å². The lowest BCUT2D eigenvalue weighted by Gasteiger charge is -2.22. The zero-order valence-corrected chi connectivity index (χ0v) is 7.83. The number of allylic oxidation sites excluding steroid dienone is 2. The van der Waals surface area contributed by atoms with Crippen molar-refractivity contribution in [3.8, 4) is 0 Å². The molecule has 1 atom stereocenters. The molecule has 0 saturated heterocycles. The fourth-order valence-corrected chi connectivity index (χ4v) is 1.61. The lowest BCUT2D eigenvalue weighted by molar-refractivity contribution is -0.511. The number of carbonyl (C=O) groups excluding carboxylic acids is 1. The van der Waals surface area contributed by atoms with Crippen LogP contribution in [0.25, 0.3) is 0 Å². The molecule has 1 aliphatic rings. The lowest BCUT2D eigenvalue weighted by atomic mass is 10.00. The van der Waals surface area contributed by atoms with Crippen LogP contribution in [0.15, 0.2) is 23.8 Å². The number of hydrogen-bond donors (Lipinski definition) is 0. The highest BCUT2D eigenvalue weighted by molar-refractivity contribution is 6.50. The van der Waals surface area contributed by atoms with E-state index in [9.17, 15) is 14.9 Å². The van der Waals surface area contributed by atoms with Crippen molar-refractivity contribution in [3.63, 3.8) is 0 Å². The van der Waals surface area contributed by atoms with Gasteiger partial charge in [0.2, 0.25) is 4.33 Å². The molecule has 70 valence electrons. The summed E-state index contributed by atoms with van der Waals surface area (Å²) in [6.45, 7) is 0. The first-order valence-corrected chi connectivity index (χ1v) is 4.10. The summed E-state index contributed by atoms with van der Waals surface area (Å²) in [7, 11) is 0. The van der Waals surface area contributed by atoms with Crippen LogP contribution in [-0.2, 0) is 4.79 Å². The number of carbonyl (C=O) groups is 1. The fourth-order valence-electron chi connectivity index (χ4n) is 1.06. The second kappa shape index (κ2) is 3.47. The van der Waals surface area contributed by atoms with Gasteiger partial charge >= 0.3 is 0 Å². The van der Waals surface area contributed by atoms with Crippen LogP contribution >= 0.6 is 23.2 Å². The minimum Gasteiger partial charge on any atom is -0.298 e. The van der Waals surface area contributed by atoms with Gasteiger partial charge < -0.3 is 0 Å². The van der Waals surface area contributed by atoms with E-state index in [1.54, 1.807) is 0 Å². The van der Waals surface area contributed by atoms with Gasteiger partial charge in [-0.25, -0.2) is 0 Å². The Bertz CT molecular complexity index is 309. The highest BCUT2D eigenvalue weighted by atomic mass is 35.5. The number of nitrogens with zero attached hydrogens (tertiary/aromatic N) is 1. The van der Waals surface area contributed by atoms with Gasteiger partial charge in [-0.2, -0.15) is 0 Å². The molecule has 0 aromatic rings. The van der Waals surface area contributed by atoms with Crippen molar-refractivity contribution in [2.24, 2.45) is 0 Å². The quantitative estimate of drug-likeness (QED) is 0.308. The molecule has 0 aliphatic heterocycles. The molecule has 0 radical (unpaired) electrons. The number of halogens is 2. The normalized spacial score (nSPS) is 25.1. The van der Waals surface area contributed by atoms with Gasteiger partial charge in [0.25, 0.3) is 6.04 Å². The summed E-state index contributed by atoms with van der Waals surface area (Å²) in [6, 6.07) is -1.39. The topological polar surface area (TPSA) is 60.2 Å². The van der Waals surface area contributed by atoms with Crippen molar-refractivity contribution in [2.75, 3.05) is 0 Å². The van der Waals surface area contributed by atoms with Gasteiger partial charge in [-0.1, -0.05) is 29.3 Å². The molecule has 6 heteroatoms. The molecule has 0 saturated carbocycles. The van der Waals surface area contributed by atoms with Crippen LogP contribution in [0.4, 0.5) is 0 Å². The average Bonchev–Trinajstić information content (AvgIpc) is 2.01. The van der Waals surface area contributed by atoms with E-state index in [4.69, 9.17) is 23.2 Å². The number of aldehydes is 1. The molecule has 0 aromatic carbocycles. The molecule has 0 fully saturated rings. The van der Waals surface area contributed by atoms with Crippen LogP contribution in [0.5, 0.6) is 0 Å². The molecule has 1 unspecified atom stereocenters. The summed E-state index contributed by atoms with van der Waals surface area (Å²) in [6.07, 6.45) is 4.40. The van der Waals surface area contributed by atoms with Crippen molar-refractivity contribution < 1.29 is 9.72 Å². The highest BCUT2D eigenvalue weighted by Gasteiger charge is 2.46. The molecular formula is C7H5Cl2NO3. The molecule has 0 heterocycles. The molecule has 0 amide bonds. The number of alkyl halides is 2. The molecular weight excluding hydrogens is 217 g/mol. The lowest BCUT2D eigenvalue weighted by Crippen LogP contribution is -2.40. The van der Waals surface area contributed by atoms with Crippen molar-refractivity contribution >= 4 is 29.5 Å². The first kappa shape index (κ1) is 10.2. The molecule has 0 spiro atoms. The van der Waals surface area contributed by atoms with E-state index in [1.165, 1.54) is 18.2 Å². The van der Waals surface area contributed by atoms with Crippen LogP contribution in [0, 0.1) is 10.1 Å². The maximum absolute atomic E-state index is 10.5. The smallest absolute Gasteiger partial charge is 0.277 e. The van der Waals surface area contributed by atoms with Gasteiger partial charge in [0.15, 0.2) is 6.29 Å². The highest BCUT2D eigenvalue weighted by Crippen LogP contribution is 2.35. The van der Waals surface area contributed by atoms with Gasteiger partial charge in [0, 0.05) is 4.92 Å². The predicted molar refractivity (Wildman–Crippen MR) is 48.5 cm³/mol. The Morgan fingerprint density at radius 1 is 1.62 bits per heavy atom. The van der Waals surface area contributed by atoms with Crippen molar-refractivity contribution in [3.05, 3.63) is 33.9 Å². The molecule has 0 aromatic heterocycles. The molecule has 1 rings (SSSR count). The van der Waals surface area contributed by atoms with E-state index in [0.717, 1.165) is 0 Å². The second-order valence-corrected chi connectivity index (χ2v) is 3.95. The first-order chi connectivity index (χ1) is 5.99. The van der Waals surface area contributed by atoms with Gasteiger partial charge in [-0.3, -0.25) is 14.9 Å². The molecule has 0 bridgehead atoms. The third kappa shape index (κ3) is 1.89. The fraction of sp³-hybridized carbons (Fsp3) is 0.286. The Hall–Kier alpha value is -0.870. The Kier molecular flexibility index (Phi) is 2.73. The Morgan fingerprint density at radius 2 is 2.23 bits per heavy atom. The third-order valence-electron chi connectivity index (χ3n) is 1.63. The minimum atomic E-state index is -1.64. The van der Waals surface area contributed by atoms with Crippen LogP contribution < -0.4 is 0 Å². The SMILES string of the molecule is O=CC1=CC=CC(Cl)(Cl)C1[N+](=O)[O-]. The second-order valence-electron chi connectivity index (χ2n) is 2.51. The monoisotopic (exact) mass is 221 g/mol. The minimum absolute atomic E-state index is 0.0301. The molecule has 1 aliphatic carbocycles. The Morgan fingerprint density at radius 3 is 2.62 bits per heavy atom. The molecule has 0 N–H and O–H groups in total. The van der Waals surface area contributed by atoms with E-state index in [2.05, 4.69) is 0 Å². The van der Waals surface area contributed by atoms with E-state index >= 15 is 0 Å². The van der Waals surface area contributed by atoms with Gasteiger partial charge in [0.1, 0.15) is 0 Å². The van der Waals surface area contributed by atoms with Crippen molar-refractivity contribution in [2.45, 2.75) is 10.4 Å². The third-order valence-corrected chi connectivity index (χ3v) is 2.30. The zero-order valence-electron chi connectivity index (χ0n) is 6.31. The summed E-state index contributed by atoms with van der Waals surface area (Å²) in [5.41, 5.74) is -0.0301.